The minimum absolute atomic E-state index is 0.877. The molecule has 7 aromatic carbocycles. The Kier molecular flexibility index (Phi) is 6.03. The maximum absolute atomic E-state index is 6.56. The van der Waals surface area contributed by atoms with Crippen LogP contribution in [-0.2, 0) is 0 Å². The van der Waals surface area contributed by atoms with E-state index in [4.69, 9.17) is 4.42 Å². The van der Waals surface area contributed by atoms with Crippen molar-refractivity contribution >= 4 is 70.5 Å². The molecule has 0 saturated heterocycles. The molecule has 2 nitrogen and oxygen atoms in total. The minimum Gasteiger partial charge on any atom is -0.454 e. The molecule has 0 amide bonds. The second kappa shape index (κ2) is 10.5. The van der Waals surface area contributed by atoms with E-state index in [9.17, 15) is 0 Å². The molecule has 0 saturated carbocycles. The van der Waals surface area contributed by atoms with E-state index in [0.29, 0.717) is 0 Å². The van der Waals surface area contributed by atoms with E-state index >= 15 is 0 Å². The largest absolute Gasteiger partial charge is 0.454 e. The lowest BCUT2D eigenvalue weighted by molar-refractivity contribution is 0.669. The van der Waals surface area contributed by atoms with Crippen LogP contribution in [0.3, 0.4) is 0 Å². The van der Waals surface area contributed by atoms with Crippen LogP contribution in [0.4, 0.5) is 17.1 Å². The Morgan fingerprint density at radius 1 is 0.400 bits per heavy atom. The smallest absolute Gasteiger partial charge is 0.159 e. The topological polar surface area (TPSA) is 16.4 Å². The van der Waals surface area contributed by atoms with E-state index in [-0.39, 0.29) is 0 Å². The molecule has 0 aliphatic carbocycles. The van der Waals surface area contributed by atoms with E-state index in [1.54, 1.807) is 0 Å². The van der Waals surface area contributed by atoms with Crippen LogP contribution >= 0.6 is 11.3 Å². The number of para-hydroxylation sites is 2. The second-order valence-corrected chi connectivity index (χ2v) is 12.4. The Hall–Kier alpha value is -5.64. The van der Waals surface area contributed by atoms with Gasteiger partial charge in [-0.2, -0.15) is 0 Å². The predicted molar refractivity (Wildman–Crippen MR) is 192 cm³/mol. The standard InChI is InChI=1S/C42H27NOS/c1-2-10-28(11-3-1)29-20-23-32(24-21-29)43(38-17-9-16-36-34-14-4-6-18-39(34)44-42(36)38)33-13-8-12-30(26-33)31-22-25-41-37(27-31)35-15-5-7-19-40(35)45-41/h1-27H. The zero-order valence-electron chi connectivity index (χ0n) is 24.4. The average Bonchev–Trinajstić information content (AvgIpc) is 3.68. The quantitative estimate of drug-likeness (QED) is 0.197. The molecular weight excluding hydrogens is 567 g/mol. The molecule has 0 fully saturated rings. The highest BCUT2D eigenvalue weighted by Gasteiger charge is 2.20. The molecule has 9 rings (SSSR count). The first-order valence-corrected chi connectivity index (χ1v) is 16.0. The zero-order chi connectivity index (χ0) is 29.7. The number of thiophene rings is 1. The molecule has 0 aliphatic heterocycles. The van der Waals surface area contributed by atoms with Gasteiger partial charge in [0, 0.05) is 42.3 Å². The van der Waals surface area contributed by atoms with Crippen LogP contribution in [0.2, 0.25) is 0 Å². The lowest BCUT2D eigenvalue weighted by Gasteiger charge is -2.26. The maximum atomic E-state index is 6.56. The molecule has 0 radical (unpaired) electrons. The SMILES string of the molecule is c1ccc(-c2ccc(N(c3cccc(-c4ccc5sc6ccccc6c5c4)c3)c3cccc4c3oc3ccccc34)cc2)cc1. The minimum atomic E-state index is 0.877. The van der Waals surface area contributed by atoms with Crippen LogP contribution in [0.5, 0.6) is 0 Å². The van der Waals surface area contributed by atoms with Crippen LogP contribution in [0, 0.1) is 0 Å². The number of nitrogens with zero attached hydrogens (tertiary/aromatic N) is 1. The number of hydrogen-bond donors (Lipinski definition) is 0. The van der Waals surface area contributed by atoms with Crippen molar-refractivity contribution in [2.24, 2.45) is 0 Å². The van der Waals surface area contributed by atoms with Crippen LogP contribution in [-0.4, -0.2) is 0 Å². The second-order valence-electron chi connectivity index (χ2n) is 11.4. The summed E-state index contributed by atoms with van der Waals surface area (Å²) in [6.45, 7) is 0. The molecular formula is C42H27NOS. The summed E-state index contributed by atoms with van der Waals surface area (Å²) in [4.78, 5) is 2.32. The Balaban J connectivity index is 1.22. The molecule has 0 unspecified atom stereocenters. The Bertz CT molecular complexity index is 2490. The van der Waals surface area contributed by atoms with Crippen LogP contribution in [0.15, 0.2) is 168 Å². The van der Waals surface area contributed by atoms with Crippen molar-refractivity contribution in [2.75, 3.05) is 4.90 Å². The van der Waals surface area contributed by atoms with Gasteiger partial charge in [-0.05, 0) is 76.9 Å². The lowest BCUT2D eigenvalue weighted by atomic mass is 10.0. The van der Waals surface area contributed by atoms with Crippen molar-refractivity contribution in [3.63, 3.8) is 0 Å². The van der Waals surface area contributed by atoms with Crippen molar-refractivity contribution in [1.29, 1.82) is 0 Å². The van der Waals surface area contributed by atoms with Gasteiger partial charge in [-0.25, -0.2) is 0 Å². The van der Waals surface area contributed by atoms with Gasteiger partial charge in [0.2, 0.25) is 0 Å². The normalized spacial score (nSPS) is 11.6. The summed E-state index contributed by atoms with van der Waals surface area (Å²) >= 11 is 1.85. The molecule has 9 aromatic rings. The first kappa shape index (κ1) is 25.8. The van der Waals surface area contributed by atoms with Gasteiger partial charge in [0.05, 0.1) is 5.69 Å². The molecule has 212 valence electrons. The monoisotopic (exact) mass is 593 g/mol. The number of fused-ring (bicyclic) bond motifs is 6. The van der Waals surface area contributed by atoms with E-state index < -0.39 is 0 Å². The number of benzene rings is 7. The zero-order valence-corrected chi connectivity index (χ0v) is 25.2. The number of furan rings is 1. The van der Waals surface area contributed by atoms with Gasteiger partial charge in [0.25, 0.3) is 0 Å². The van der Waals surface area contributed by atoms with E-state index in [1.807, 2.05) is 23.5 Å². The summed E-state index contributed by atoms with van der Waals surface area (Å²) in [6, 6.07) is 58.4. The number of anilines is 3. The summed E-state index contributed by atoms with van der Waals surface area (Å²) in [7, 11) is 0. The van der Waals surface area contributed by atoms with Gasteiger partial charge in [0.1, 0.15) is 5.58 Å². The highest BCUT2D eigenvalue weighted by molar-refractivity contribution is 7.25. The molecule has 0 aliphatic rings. The third kappa shape index (κ3) is 4.40. The highest BCUT2D eigenvalue weighted by atomic mass is 32.1. The molecule has 0 bridgehead atoms. The van der Waals surface area contributed by atoms with Crippen LogP contribution in [0.25, 0.3) is 64.4 Å². The van der Waals surface area contributed by atoms with Crippen molar-refractivity contribution in [1.82, 2.24) is 0 Å². The predicted octanol–water partition coefficient (Wildman–Crippen LogP) is 12.8. The van der Waals surface area contributed by atoms with Crippen LogP contribution in [0.1, 0.15) is 0 Å². The van der Waals surface area contributed by atoms with Gasteiger partial charge in [-0.1, -0.05) is 109 Å². The average molecular weight is 594 g/mol. The summed E-state index contributed by atoms with van der Waals surface area (Å²) in [5.41, 5.74) is 9.68. The van der Waals surface area contributed by atoms with E-state index in [2.05, 4.69) is 157 Å². The third-order valence-electron chi connectivity index (χ3n) is 8.67. The summed E-state index contributed by atoms with van der Waals surface area (Å²) in [5.74, 6) is 0. The van der Waals surface area contributed by atoms with Crippen molar-refractivity contribution < 1.29 is 4.42 Å². The molecule has 2 heterocycles. The molecule has 45 heavy (non-hydrogen) atoms. The summed E-state index contributed by atoms with van der Waals surface area (Å²) in [5, 5.41) is 4.85. The fourth-order valence-electron chi connectivity index (χ4n) is 6.50. The number of hydrogen-bond acceptors (Lipinski definition) is 3. The van der Waals surface area contributed by atoms with Gasteiger partial charge in [-0.15, -0.1) is 11.3 Å². The molecule has 0 spiro atoms. The Labute approximate surface area is 265 Å². The fourth-order valence-corrected chi connectivity index (χ4v) is 7.59. The Morgan fingerprint density at radius 2 is 1.04 bits per heavy atom. The molecule has 2 aromatic heterocycles. The van der Waals surface area contributed by atoms with Gasteiger partial charge < -0.3 is 9.32 Å². The van der Waals surface area contributed by atoms with Crippen molar-refractivity contribution in [3.8, 4) is 22.3 Å². The van der Waals surface area contributed by atoms with Gasteiger partial charge >= 0.3 is 0 Å². The molecule has 3 heteroatoms. The van der Waals surface area contributed by atoms with Crippen LogP contribution < -0.4 is 4.90 Å². The number of rotatable bonds is 5. The van der Waals surface area contributed by atoms with Crippen molar-refractivity contribution in [3.05, 3.63) is 164 Å². The lowest BCUT2D eigenvalue weighted by Crippen LogP contribution is -2.10. The Morgan fingerprint density at radius 3 is 1.93 bits per heavy atom. The summed E-state index contributed by atoms with van der Waals surface area (Å²) < 4.78 is 9.19. The van der Waals surface area contributed by atoms with E-state index in [0.717, 1.165) is 39.0 Å². The maximum Gasteiger partial charge on any atom is 0.159 e. The first-order chi connectivity index (χ1) is 22.3. The highest BCUT2D eigenvalue weighted by Crippen LogP contribution is 2.44. The first-order valence-electron chi connectivity index (χ1n) is 15.2. The van der Waals surface area contributed by atoms with E-state index in [1.165, 1.54) is 42.4 Å². The van der Waals surface area contributed by atoms with Gasteiger partial charge in [-0.3, -0.25) is 0 Å². The molecule has 0 atom stereocenters. The molecule has 0 N–H and O–H groups in total. The fraction of sp³-hybridized carbons (Fsp3) is 0. The summed E-state index contributed by atoms with van der Waals surface area (Å²) in [6.07, 6.45) is 0. The van der Waals surface area contributed by atoms with Crippen molar-refractivity contribution in [2.45, 2.75) is 0 Å². The van der Waals surface area contributed by atoms with Gasteiger partial charge in [0.15, 0.2) is 5.58 Å². The third-order valence-corrected chi connectivity index (χ3v) is 9.82.